The lowest BCUT2D eigenvalue weighted by Gasteiger charge is -2.16. The number of carbonyl (C=O) groups is 1. The number of hydrogen-bond donors (Lipinski definition) is 3. The van der Waals surface area contributed by atoms with Crippen LogP contribution in [0.5, 0.6) is 23.0 Å². The molecule has 0 heterocycles. The van der Waals surface area contributed by atoms with Gasteiger partial charge in [-0.2, -0.15) is 0 Å². The molecule has 0 radical (unpaired) electrons. The molecule has 4 aromatic carbocycles. The van der Waals surface area contributed by atoms with Gasteiger partial charge in [0.2, 0.25) is 0 Å². The summed E-state index contributed by atoms with van der Waals surface area (Å²) in [4.78, 5) is 13.0. The number of fused-ring (bicyclic) bond motifs is 1. The molecule has 7 heteroatoms. The first kappa shape index (κ1) is 21.5. The van der Waals surface area contributed by atoms with E-state index in [0.29, 0.717) is 11.1 Å². The van der Waals surface area contributed by atoms with Gasteiger partial charge in [-0.1, -0.05) is 40.2 Å². The molecular weight excluding hydrogens is 476 g/mol. The van der Waals surface area contributed by atoms with E-state index in [9.17, 15) is 20.1 Å². The second kappa shape index (κ2) is 8.80. The number of hydrogen-bond acceptors (Lipinski definition) is 6. The van der Waals surface area contributed by atoms with E-state index >= 15 is 0 Å². The Morgan fingerprint density at radius 2 is 1.56 bits per heavy atom. The molecule has 0 fully saturated rings. The maximum absolute atomic E-state index is 13.0. The van der Waals surface area contributed by atoms with Crippen LogP contribution in [-0.4, -0.2) is 28.4 Å². The van der Waals surface area contributed by atoms with Crippen molar-refractivity contribution in [3.8, 4) is 34.1 Å². The summed E-state index contributed by atoms with van der Waals surface area (Å²) in [5, 5.41) is 33.2. The minimum absolute atomic E-state index is 0.0272. The van der Waals surface area contributed by atoms with E-state index in [2.05, 4.69) is 15.9 Å². The van der Waals surface area contributed by atoms with Gasteiger partial charge in [0.15, 0.2) is 0 Å². The van der Waals surface area contributed by atoms with Gasteiger partial charge in [-0.25, -0.2) is 4.79 Å². The van der Waals surface area contributed by atoms with Crippen molar-refractivity contribution >= 4 is 32.7 Å². The second-order valence-corrected chi connectivity index (χ2v) is 8.02. The van der Waals surface area contributed by atoms with E-state index in [1.54, 1.807) is 36.4 Å². The number of phenols is 3. The zero-order valence-corrected chi connectivity index (χ0v) is 18.6. The first-order valence-corrected chi connectivity index (χ1v) is 10.4. The Labute approximate surface area is 192 Å². The molecule has 3 N–H and O–H groups in total. The molecule has 4 rings (SSSR count). The molecule has 0 amide bonds. The van der Waals surface area contributed by atoms with Crippen LogP contribution in [0.4, 0.5) is 0 Å². The van der Waals surface area contributed by atoms with Crippen LogP contribution < -0.4 is 4.74 Å². The summed E-state index contributed by atoms with van der Waals surface area (Å²) in [6, 6.07) is 18.1. The van der Waals surface area contributed by atoms with Crippen LogP contribution in [0.1, 0.15) is 15.9 Å². The van der Waals surface area contributed by atoms with Gasteiger partial charge in [-0.3, -0.25) is 0 Å². The highest BCUT2D eigenvalue weighted by molar-refractivity contribution is 9.10. The highest BCUT2D eigenvalue weighted by atomic mass is 79.9. The molecular formula is C25H19BrO6. The van der Waals surface area contributed by atoms with Crippen molar-refractivity contribution in [1.82, 2.24) is 0 Å². The molecule has 0 unspecified atom stereocenters. The summed E-state index contributed by atoms with van der Waals surface area (Å²) in [7, 11) is 1.51. The molecule has 0 saturated carbocycles. The summed E-state index contributed by atoms with van der Waals surface area (Å²) >= 11 is 3.37. The zero-order chi connectivity index (χ0) is 22.8. The van der Waals surface area contributed by atoms with Gasteiger partial charge in [-0.05, 0) is 58.8 Å². The fourth-order valence-corrected chi connectivity index (χ4v) is 4.01. The Kier molecular flexibility index (Phi) is 5.92. The summed E-state index contributed by atoms with van der Waals surface area (Å²) in [5.41, 5.74) is 0.655. The molecule has 162 valence electrons. The number of aromatic hydroxyl groups is 3. The number of ether oxygens (including phenoxy) is 2. The van der Waals surface area contributed by atoms with Crippen LogP contribution >= 0.6 is 15.9 Å². The molecule has 0 aliphatic rings. The Morgan fingerprint density at radius 1 is 0.875 bits per heavy atom. The minimum atomic E-state index is -0.840. The number of methoxy groups -OCH3 is 1. The van der Waals surface area contributed by atoms with Crippen molar-refractivity contribution in [2.24, 2.45) is 0 Å². The molecule has 0 atom stereocenters. The monoisotopic (exact) mass is 494 g/mol. The molecule has 32 heavy (non-hydrogen) atoms. The highest BCUT2D eigenvalue weighted by Crippen LogP contribution is 2.46. The Balaban J connectivity index is 1.85. The largest absolute Gasteiger partial charge is 0.507 e. The minimum Gasteiger partial charge on any atom is -0.507 e. The fourth-order valence-electron chi connectivity index (χ4n) is 3.57. The maximum Gasteiger partial charge on any atom is 0.343 e. The predicted molar refractivity (Wildman–Crippen MR) is 124 cm³/mol. The van der Waals surface area contributed by atoms with Crippen LogP contribution in [0.2, 0.25) is 0 Å². The normalized spacial score (nSPS) is 10.8. The molecule has 0 aromatic heterocycles. The molecule has 0 spiro atoms. The van der Waals surface area contributed by atoms with Crippen molar-refractivity contribution in [2.45, 2.75) is 6.61 Å². The fraction of sp³-hybridized carbons (Fsp3) is 0.0800. The third kappa shape index (κ3) is 4.07. The van der Waals surface area contributed by atoms with E-state index < -0.39 is 5.97 Å². The van der Waals surface area contributed by atoms with Crippen LogP contribution in [0, 0.1) is 0 Å². The van der Waals surface area contributed by atoms with E-state index in [1.807, 2.05) is 12.1 Å². The molecule has 4 aromatic rings. The van der Waals surface area contributed by atoms with Crippen molar-refractivity contribution < 1.29 is 29.6 Å². The third-order valence-electron chi connectivity index (χ3n) is 5.08. The summed E-state index contributed by atoms with van der Waals surface area (Å²) in [6.45, 7) is -0.0395. The summed E-state index contributed by atoms with van der Waals surface area (Å²) in [5.74, 6) is -1.15. The SMILES string of the molecule is COc1ccc2ccc(O)c(-c3c(O)ccc(O)c3C(=O)OCc3cccc(Br)c3)c2c1. The van der Waals surface area contributed by atoms with Gasteiger partial charge in [0.25, 0.3) is 0 Å². The smallest absolute Gasteiger partial charge is 0.343 e. The number of esters is 1. The van der Waals surface area contributed by atoms with Gasteiger partial charge < -0.3 is 24.8 Å². The lowest BCUT2D eigenvalue weighted by Crippen LogP contribution is -2.08. The maximum atomic E-state index is 13.0. The zero-order valence-electron chi connectivity index (χ0n) is 17.0. The number of halogens is 1. The average Bonchev–Trinajstić information content (AvgIpc) is 2.79. The van der Waals surface area contributed by atoms with Crippen molar-refractivity contribution in [2.75, 3.05) is 7.11 Å². The first-order valence-electron chi connectivity index (χ1n) is 9.65. The topological polar surface area (TPSA) is 96.2 Å². The Bertz CT molecular complexity index is 1330. The Morgan fingerprint density at radius 3 is 2.31 bits per heavy atom. The van der Waals surface area contributed by atoms with E-state index in [1.165, 1.54) is 25.3 Å². The average molecular weight is 495 g/mol. The van der Waals surface area contributed by atoms with Crippen molar-refractivity contribution in [3.63, 3.8) is 0 Å². The lowest BCUT2D eigenvalue weighted by molar-refractivity contribution is 0.0470. The molecule has 0 aliphatic heterocycles. The van der Waals surface area contributed by atoms with Crippen LogP contribution in [0.15, 0.2) is 71.2 Å². The quantitative estimate of drug-likeness (QED) is 0.241. The van der Waals surface area contributed by atoms with Gasteiger partial charge in [0.1, 0.15) is 35.2 Å². The van der Waals surface area contributed by atoms with Gasteiger partial charge in [-0.15, -0.1) is 0 Å². The van der Waals surface area contributed by atoms with E-state index in [0.717, 1.165) is 15.4 Å². The molecule has 0 saturated heterocycles. The van der Waals surface area contributed by atoms with Crippen molar-refractivity contribution in [1.29, 1.82) is 0 Å². The molecule has 0 bridgehead atoms. The van der Waals surface area contributed by atoms with Gasteiger partial charge >= 0.3 is 5.97 Å². The van der Waals surface area contributed by atoms with Crippen molar-refractivity contribution in [3.05, 3.63) is 82.3 Å². The number of rotatable bonds is 5. The summed E-state index contributed by atoms with van der Waals surface area (Å²) in [6.07, 6.45) is 0. The van der Waals surface area contributed by atoms with Crippen LogP contribution in [-0.2, 0) is 11.3 Å². The number of benzene rings is 4. The van der Waals surface area contributed by atoms with Gasteiger partial charge in [0.05, 0.1) is 7.11 Å². The standard InChI is InChI=1S/C25H19BrO6/c1-31-17-7-5-15-6-8-19(27)22(18(15)12-17)23-20(28)9-10-21(29)24(23)25(30)32-13-14-3-2-4-16(26)11-14/h2-12,27-29H,13H2,1H3. The summed E-state index contributed by atoms with van der Waals surface area (Å²) < 4.78 is 11.6. The first-order chi connectivity index (χ1) is 15.4. The lowest BCUT2D eigenvalue weighted by atomic mass is 9.92. The van der Waals surface area contributed by atoms with Crippen LogP contribution in [0.25, 0.3) is 21.9 Å². The predicted octanol–water partition coefficient (Wildman–Crippen LogP) is 5.75. The van der Waals surface area contributed by atoms with Crippen LogP contribution in [0.3, 0.4) is 0 Å². The number of phenolic OH excluding ortho intramolecular Hbond substituents is 3. The molecule has 6 nitrogen and oxygen atoms in total. The second-order valence-electron chi connectivity index (χ2n) is 7.11. The highest BCUT2D eigenvalue weighted by Gasteiger charge is 2.26. The van der Waals surface area contributed by atoms with E-state index in [4.69, 9.17) is 9.47 Å². The molecule has 0 aliphatic carbocycles. The Hall–Kier alpha value is -3.71. The van der Waals surface area contributed by atoms with Gasteiger partial charge in [0, 0.05) is 15.6 Å². The van der Waals surface area contributed by atoms with E-state index in [-0.39, 0.29) is 40.5 Å². The number of carbonyl (C=O) groups excluding carboxylic acids is 1. The third-order valence-corrected chi connectivity index (χ3v) is 5.57.